The summed E-state index contributed by atoms with van der Waals surface area (Å²) in [6.45, 7) is 4.60. The van der Waals surface area contributed by atoms with Gasteiger partial charge in [-0.15, -0.1) is 0 Å². The molecule has 1 fully saturated rings. The molecule has 2 atom stereocenters. The normalized spacial score (nSPS) is 20.8. The van der Waals surface area contributed by atoms with Crippen molar-refractivity contribution in [3.05, 3.63) is 23.7 Å². The van der Waals surface area contributed by atoms with E-state index in [-0.39, 0.29) is 6.04 Å². The zero-order chi connectivity index (χ0) is 13.5. The molecule has 1 N–H and O–H groups in total. The molecular weight excluding hydrogens is 242 g/mol. The summed E-state index contributed by atoms with van der Waals surface area (Å²) >= 11 is 0. The van der Waals surface area contributed by atoms with E-state index in [9.17, 15) is 0 Å². The highest BCUT2D eigenvalue weighted by Crippen LogP contribution is 2.26. The summed E-state index contributed by atoms with van der Waals surface area (Å²) in [6.07, 6.45) is 4.81. The van der Waals surface area contributed by atoms with Crippen molar-refractivity contribution < 1.29 is 13.9 Å². The predicted molar refractivity (Wildman–Crippen MR) is 74.0 cm³/mol. The van der Waals surface area contributed by atoms with Gasteiger partial charge in [-0.1, -0.05) is 6.92 Å². The maximum absolute atomic E-state index is 5.85. The Morgan fingerprint density at radius 1 is 1.47 bits per heavy atom. The number of hydrogen-bond donors (Lipinski definition) is 1. The van der Waals surface area contributed by atoms with Gasteiger partial charge in [-0.2, -0.15) is 0 Å². The lowest BCUT2D eigenvalue weighted by Crippen LogP contribution is -2.25. The molecule has 0 amide bonds. The van der Waals surface area contributed by atoms with Crippen molar-refractivity contribution in [2.75, 3.05) is 20.3 Å². The number of methoxy groups -OCH3 is 1. The molecule has 1 aliphatic rings. The molecule has 0 radical (unpaired) electrons. The summed E-state index contributed by atoms with van der Waals surface area (Å²) in [4.78, 5) is 0. The second-order valence-corrected chi connectivity index (χ2v) is 5.11. The first kappa shape index (κ1) is 14.6. The van der Waals surface area contributed by atoms with Crippen LogP contribution in [0.1, 0.15) is 50.2 Å². The molecule has 4 nitrogen and oxygen atoms in total. The fraction of sp³-hybridized carbons (Fsp3) is 0.733. The molecule has 0 aliphatic carbocycles. The number of rotatable bonds is 8. The standard InChI is InChI=1S/C15H25NO3/c1-3-8-16-14(10-12-5-4-9-18-12)15-7-6-13(19-15)11-17-2/h6-7,12,14,16H,3-5,8-11H2,1-2H3. The topological polar surface area (TPSA) is 43.6 Å². The van der Waals surface area contributed by atoms with Crippen molar-refractivity contribution in [1.82, 2.24) is 5.32 Å². The Morgan fingerprint density at radius 2 is 2.37 bits per heavy atom. The summed E-state index contributed by atoms with van der Waals surface area (Å²) in [5.41, 5.74) is 0. The van der Waals surface area contributed by atoms with E-state index in [1.165, 1.54) is 6.42 Å². The number of hydrogen-bond acceptors (Lipinski definition) is 4. The molecule has 108 valence electrons. The summed E-state index contributed by atoms with van der Waals surface area (Å²) < 4.78 is 16.7. The van der Waals surface area contributed by atoms with Crippen molar-refractivity contribution in [2.45, 2.75) is 51.4 Å². The second kappa shape index (κ2) is 7.68. The first-order chi connectivity index (χ1) is 9.33. The van der Waals surface area contributed by atoms with E-state index in [2.05, 4.69) is 18.3 Å². The smallest absolute Gasteiger partial charge is 0.129 e. The first-order valence-corrected chi connectivity index (χ1v) is 7.26. The Hall–Kier alpha value is -0.840. The summed E-state index contributed by atoms with van der Waals surface area (Å²) in [5, 5.41) is 3.55. The van der Waals surface area contributed by atoms with Crippen LogP contribution >= 0.6 is 0 Å². The molecule has 19 heavy (non-hydrogen) atoms. The van der Waals surface area contributed by atoms with Gasteiger partial charge in [0.1, 0.15) is 18.1 Å². The molecular formula is C15H25NO3. The van der Waals surface area contributed by atoms with E-state index < -0.39 is 0 Å². The van der Waals surface area contributed by atoms with Gasteiger partial charge >= 0.3 is 0 Å². The van der Waals surface area contributed by atoms with Crippen LogP contribution < -0.4 is 5.32 Å². The van der Waals surface area contributed by atoms with Gasteiger partial charge in [0.15, 0.2) is 0 Å². The van der Waals surface area contributed by atoms with Gasteiger partial charge in [-0.3, -0.25) is 0 Å². The van der Waals surface area contributed by atoms with E-state index in [0.29, 0.717) is 12.7 Å². The van der Waals surface area contributed by atoms with Crippen LogP contribution in [0.15, 0.2) is 16.5 Å². The van der Waals surface area contributed by atoms with E-state index in [1.807, 2.05) is 6.07 Å². The average molecular weight is 267 g/mol. The molecule has 1 saturated heterocycles. The molecule has 0 bridgehead atoms. The zero-order valence-corrected chi connectivity index (χ0v) is 12.0. The average Bonchev–Trinajstić information content (AvgIpc) is 3.06. The SMILES string of the molecule is CCCNC(CC1CCCO1)c1ccc(COC)o1. The highest BCUT2D eigenvalue weighted by atomic mass is 16.5. The van der Waals surface area contributed by atoms with E-state index >= 15 is 0 Å². The molecule has 2 heterocycles. The second-order valence-electron chi connectivity index (χ2n) is 5.11. The zero-order valence-electron chi connectivity index (χ0n) is 12.0. The monoisotopic (exact) mass is 267 g/mol. The number of furan rings is 1. The van der Waals surface area contributed by atoms with Crippen LogP contribution in [0.5, 0.6) is 0 Å². The molecule has 2 unspecified atom stereocenters. The van der Waals surface area contributed by atoms with E-state index in [4.69, 9.17) is 13.9 Å². The third-order valence-electron chi connectivity index (χ3n) is 3.48. The van der Waals surface area contributed by atoms with Crippen molar-refractivity contribution >= 4 is 0 Å². The third-order valence-corrected chi connectivity index (χ3v) is 3.48. The maximum atomic E-state index is 5.85. The van der Waals surface area contributed by atoms with Gasteiger partial charge in [-0.25, -0.2) is 0 Å². The largest absolute Gasteiger partial charge is 0.462 e. The predicted octanol–water partition coefficient (Wildman–Crippen LogP) is 3.04. The minimum atomic E-state index is 0.244. The van der Waals surface area contributed by atoms with Crippen molar-refractivity contribution in [3.63, 3.8) is 0 Å². The number of ether oxygens (including phenoxy) is 2. The van der Waals surface area contributed by atoms with Crippen molar-refractivity contribution in [2.24, 2.45) is 0 Å². The van der Waals surface area contributed by atoms with Gasteiger partial charge in [-0.05, 0) is 44.4 Å². The van der Waals surface area contributed by atoms with Crippen LogP contribution in [0.3, 0.4) is 0 Å². The van der Waals surface area contributed by atoms with Crippen LogP contribution in [-0.2, 0) is 16.1 Å². The van der Waals surface area contributed by atoms with Gasteiger partial charge in [0, 0.05) is 13.7 Å². The van der Waals surface area contributed by atoms with Crippen LogP contribution in [-0.4, -0.2) is 26.4 Å². The van der Waals surface area contributed by atoms with Gasteiger partial charge < -0.3 is 19.2 Å². The Kier molecular flexibility index (Phi) is 5.89. The van der Waals surface area contributed by atoms with Crippen LogP contribution in [0.2, 0.25) is 0 Å². The minimum Gasteiger partial charge on any atom is -0.462 e. The molecule has 1 aliphatic heterocycles. The van der Waals surface area contributed by atoms with Gasteiger partial charge in [0.05, 0.1) is 12.1 Å². The van der Waals surface area contributed by atoms with E-state index in [0.717, 1.165) is 43.9 Å². The Morgan fingerprint density at radius 3 is 3.05 bits per heavy atom. The molecule has 2 rings (SSSR count). The molecule has 0 spiro atoms. The Bertz CT molecular complexity index is 358. The highest BCUT2D eigenvalue weighted by molar-refractivity contribution is 5.11. The van der Waals surface area contributed by atoms with Gasteiger partial charge in [0.2, 0.25) is 0 Å². The number of nitrogens with one attached hydrogen (secondary N) is 1. The summed E-state index contributed by atoms with van der Waals surface area (Å²) in [6, 6.07) is 4.29. The molecule has 0 aromatic carbocycles. The lowest BCUT2D eigenvalue weighted by Gasteiger charge is -2.19. The fourth-order valence-corrected chi connectivity index (χ4v) is 2.51. The van der Waals surface area contributed by atoms with Crippen molar-refractivity contribution in [3.8, 4) is 0 Å². The molecule has 1 aromatic rings. The van der Waals surface area contributed by atoms with Crippen LogP contribution in [0.4, 0.5) is 0 Å². The molecule has 0 saturated carbocycles. The highest BCUT2D eigenvalue weighted by Gasteiger charge is 2.23. The maximum Gasteiger partial charge on any atom is 0.129 e. The molecule has 1 aromatic heterocycles. The van der Waals surface area contributed by atoms with Gasteiger partial charge in [0.25, 0.3) is 0 Å². The minimum absolute atomic E-state index is 0.244. The lowest BCUT2D eigenvalue weighted by atomic mass is 10.0. The quantitative estimate of drug-likeness (QED) is 0.786. The first-order valence-electron chi connectivity index (χ1n) is 7.26. The lowest BCUT2D eigenvalue weighted by molar-refractivity contribution is 0.0911. The van der Waals surface area contributed by atoms with Crippen molar-refractivity contribution in [1.29, 1.82) is 0 Å². The van der Waals surface area contributed by atoms with Crippen LogP contribution in [0.25, 0.3) is 0 Å². The summed E-state index contributed by atoms with van der Waals surface area (Å²) in [7, 11) is 1.68. The Labute approximate surface area is 115 Å². The third kappa shape index (κ3) is 4.34. The molecule has 4 heteroatoms. The Balaban J connectivity index is 1.97. The fourth-order valence-electron chi connectivity index (χ4n) is 2.51. The summed E-state index contributed by atoms with van der Waals surface area (Å²) in [5.74, 6) is 1.88. The van der Waals surface area contributed by atoms with Crippen LogP contribution in [0, 0.1) is 0 Å². The van der Waals surface area contributed by atoms with E-state index in [1.54, 1.807) is 7.11 Å².